The van der Waals surface area contributed by atoms with E-state index in [0.29, 0.717) is 24.2 Å². The zero-order valence-electron chi connectivity index (χ0n) is 20.2. The number of carboxylic acid groups (broad SMARTS) is 1. The quantitative estimate of drug-likeness (QED) is 0.162. The zero-order valence-corrected chi connectivity index (χ0v) is 21.9. The van der Waals surface area contributed by atoms with Crippen LogP contribution in [0.3, 0.4) is 0 Å². The summed E-state index contributed by atoms with van der Waals surface area (Å²) in [5.74, 6) is -2.61. The van der Waals surface area contributed by atoms with Gasteiger partial charge in [0.1, 0.15) is 23.9 Å². The van der Waals surface area contributed by atoms with E-state index in [9.17, 15) is 29.4 Å². The lowest BCUT2D eigenvalue weighted by Gasteiger charge is -2.26. The first-order valence-corrected chi connectivity index (χ1v) is 13.3. The third kappa shape index (κ3) is 10.4. The Morgan fingerprint density at radius 2 is 1.54 bits per heavy atom. The Bertz CT molecular complexity index is 855. The molecule has 0 saturated heterocycles. The van der Waals surface area contributed by atoms with E-state index in [1.165, 1.54) is 23.9 Å². The molecule has 0 aliphatic carbocycles. The smallest absolute Gasteiger partial charge is 0.327 e. The fourth-order valence-corrected chi connectivity index (χ4v) is 3.81. The number of aliphatic carboxylic acids is 1. The molecular weight excluding hydrogens is 492 g/mol. The molecule has 0 heterocycles. The third-order valence-electron chi connectivity index (χ3n) is 5.61. The molecule has 196 valence electrons. The molecule has 0 bridgehead atoms. The number of rotatable bonds is 15. The van der Waals surface area contributed by atoms with Crippen molar-refractivity contribution in [3.8, 4) is 5.75 Å². The summed E-state index contributed by atoms with van der Waals surface area (Å²) in [7, 11) is 0. The molecule has 0 fully saturated rings. The number of amides is 3. The van der Waals surface area contributed by atoms with Gasteiger partial charge in [0, 0.05) is 12.2 Å². The molecule has 0 spiro atoms. The van der Waals surface area contributed by atoms with E-state index in [4.69, 9.17) is 5.73 Å². The third-order valence-corrected chi connectivity index (χ3v) is 6.62. The fourth-order valence-electron chi connectivity index (χ4n) is 3.09. The number of hydrogen-bond donors (Lipinski definition) is 7. The number of thioether (sulfide) groups is 1. The van der Waals surface area contributed by atoms with Crippen LogP contribution >= 0.6 is 24.4 Å². The van der Waals surface area contributed by atoms with Gasteiger partial charge in [-0.25, -0.2) is 4.79 Å². The Morgan fingerprint density at radius 3 is 2.06 bits per heavy atom. The minimum Gasteiger partial charge on any atom is -0.508 e. The van der Waals surface area contributed by atoms with E-state index in [2.05, 4.69) is 28.6 Å². The van der Waals surface area contributed by atoms with E-state index in [-0.39, 0.29) is 23.8 Å². The summed E-state index contributed by atoms with van der Waals surface area (Å²) >= 11 is 5.46. The van der Waals surface area contributed by atoms with Gasteiger partial charge in [-0.1, -0.05) is 32.4 Å². The predicted molar refractivity (Wildman–Crippen MR) is 140 cm³/mol. The number of thiol groups is 1. The van der Waals surface area contributed by atoms with Crippen LogP contribution in [0.15, 0.2) is 24.3 Å². The van der Waals surface area contributed by atoms with E-state index >= 15 is 0 Å². The van der Waals surface area contributed by atoms with E-state index < -0.39 is 47.9 Å². The van der Waals surface area contributed by atoms with Crippen molar-refractivity contribution >= 4 is 48.1 Å². The van der Waals surface area contributed by atoms with Crippen LogP contribution in [0, 0.1) is 5.92 Å². The lowest BCUT2D eigenvalue weighted by Crippen LogP contribution is -2.58. The Kier molecular flexibility index (Phi) is 13.6. The minimum atomic E-state index is -1.26. The average molecular weight is 529 g/mol. The summed E-state index contributed by atoms with van der Waals surface area (Å²) in [5, 5.41) is 26.5. The maximum Gasteiger partial charge on any atom is 0.327 e. The number of carboxylic acids is 1. The summed E-state index contributed by atoms with van der Waals surface area (Å²) in [5.41, 5.74) is 6.64. The fraction of sp³-hybridized carbons (Fsp3) is 0.565. The molecule has 3 amide bonds. The summed E-state index contributed by atoms with van der Waals surface area (Å²) in [6.07, 6.45) is 2.91. The van der Waals surface area contributed by atoms with Crippen LogP contribution in [0.25, 0.3) is 0 Å². The maximum atomic E-state index is 13.2. The highest BCUT2D eigenvalue weighted by Crippen LogP contribution is 2.13. The van der Waals surface area contributed by atoms with Crippen LogP contribution in [-0.4, -0.2) is 75.8 Å². The molecule has 12 heteroatoms. The van der Waals surface area contributed by atoms with Gasteiger partial charge in [-0.05, 0) is 42.0 Å². The highest BCUT2D eigenvalue weighted by Gasteiger charge is 2.30. The molecule has 7 N–H and O–H groups in total. The van der Waals surface area contributed by atoms with Gasteiger partial charge >= 0.3 is 5.97 Å². The molecule has 5 atom stereocenters. The largest absolute Gasteiger partial charge is 0.508 e. The van der Waals surface area contributed by atoms with Crippen molar-refractivity contribution in [2.24, 2.45) is 11.7 Å². The van der Waals surface area contributed by atoms with Gasteiger partial charge in [0.15, 0.2) is 0 Å². The highest BCUT2D eigenvalue weighted by molar-refractivity contribution is 7.98. The van der Waals surface area contributed by atoms with E-state index in [1.54, 1.807) is 12.1 Å². The topological polar surface area (TPSA) is 171 Å². The number of carbonyl (C=O) groups is 4. The molecule has 0 saturated carbocycles. The molecule has 35 heavy (non-hydrogen) atoms. The maximum absolute atomic E-state index is 13.2. The number of carbonyl (C=O) groups excluding carboxylic acids is 3. The first-order chi connectivity index (χ1) is 16.5. The number of nitrogens with two attached hydrogens (primary N) is 1. The molecule has 0 radical (unpaired) electrons. The second-order valence-corrected chi connectivity index (χ2v) is 9.62. The molecule has 10 nitrogen and oxygen atoms in total. The Balaban J connectivity index is 3.10. The van der Waals surface area contributed by atoms with Gasteiger partial charge in [0.25, 0.3) is 0 Å². The van der Waals surface area contributed by atoms with Crippen molar-refractivity contribution in [1.82, 2.24) is 16.0 Å². The predicted octanol–water partition coefficient (Wildman–Crippen LogP) is 0.530. The van der Waals surface area contributed by atoms with Gasteiger partial charge in [0.2, 0.25) is 17.7 Å². The lowest BCUT2D eigenvalue weighted by molar-refractivity contribution is -0.141. The van der Waals surface area contributed by atoms with Crippen molar-refractivity contribution in [2.45, 2.75) is 57.3 Å². The van der Waals surface area contributed by atoms with Crippen molar-refractivity contribution in [3.63, 3.8) is 0 Å². The summed E-state index contributed by atoms with van der Waals surface area (Å²) < 4.78 is 0. The lowest BCUT2D eigenvalue weighted by atomic mass is 9.99. The number of aromatic hydroxyl groups is 1. The monoisotopic (exact) mass is 528 g/mol. The van der Waals surface area contributed by atoms with Gasteiger partial charge in [-0.3, -0.25) is 14.4 Å². The average Bonchev–Trinajstić information content (AvgIpc) is 2.84. The molecule has 1 aromatic rings. The molecular formula is C23H36N4O6S2. The molecule has 1 rings (SSSR count). The van der Waals surface area contributed by atoms with Crippen molar-refractivity contribution in [1.29, 1.82) is 0 Å². The summed E-state index contributed by atoms with van der Waals surface area (Å²) in [6.45, 7) is 3.76. The number of phenolic OH excluding ortho intramolecular Hbond substituents is 1. The molecule has 0 aliphatic heterocycles. The zero-order chi connectivity index (χ0) is 26.5. The normalized spacial score (nSPS) is 15.2. The number of phenols is 1. The number of hydrogen-bond acceptors (Lipinski definition) is 8. The Labute approximate surface area is 215 Å². The van der Waals surface area contributed by atoms with Gasteiger partial charge in [0.05, 0.1) is 6.04 Å². The second-order valence-electron chi connectivity index (χ2n) is 8.27. The molecule has 1 aromatic carbocycles. The minimum absolute atomic E-state index is 0.0341. The van der Waals surface area contributed by atoms with Gasteiger partial charge in [-0.2, -0.15) is 24.4 Å². The first kappa shape index (κ1) is 30.6. The summed E-state index contributed by atoms with van der Waals surface area (Å²) in [4.78, 5) is 50.1. The number of nitrogens with one attached hydrogen (secondary N) is 3. The van der Waals surface area contributed by atoms with Crippen LogP contribution in [0.5, 0.6) is 5.75 Å². The van der Waals surface area contributed by atoms with Crippen molar-refractivity contribution < 1.29 is 29.4 Å². The molecule has 5 unspecified atom stereocenters. The number of benzene rings is 1. The highest BCUT2D eigenvalue weighted by atomic mass is 32.2. The van der Waals surface area contributed by atoms with E-state index in [1.807, 2.05) is 20.1 Å². The van der Waals surface area contributed by atoms with Crippen LogP contribution < -0.4 is 21.7 Å². The standard InChI is InChI=1S/C23H36N4O6S2/c1-4-13(2)19(24)22(31)25-16(9-10-35-3)20(29)26-17(11-14-5-7-15(28)8-6-14)21(30)27-18(12-34)23(32)33/h5-8,13,16-19,28,34H,4,9-12,24H2,1-3H3,(H,25,31)(H,26,29)(H,27,30)(H,32,33). The van der Waals surface area contributed by atoms with Crippen LogP contribution in [-0.2, 0) is 25.6 Å². The Morgan fingerprint density at radius 1 is 1.00 bits per heavy atom. The van der Waals surface area contributed by atoms with Crippen LogP contribution in [0.2, 0.25) is 0 Å². The van der Waals surface area contributed by atoms with Gasteiger partial charge in [-0.15, -0.1) is 0 Å². The van der Waals surface area contributed by atoms with Crippen LogP contribution in [0.1, 0.15) is 32.3 Å². The van der Waals surface area contributed by atoms with E-state index in [0.717, 1.165) is 0 Å². The second kappa shape index (κ2) is 15.5. The van der Waals surface area contributed by atoms with Crippen LogP contribution in [0.4, 0.5) is 0 Å². The summed E-state index contributed by atoms with van der Waals surface area (Å²) in [6, 6.07) is 1.97. The SMILES string of the molecule is CCC(C)C(N)C(=O)NC(CCSC)C(=O)NC(Cc1ccc(O)cc1)C(=O)NC(CS)C(=O)O. The van der Waals surface area contributed by atoms with Gasteiger partial charge < -0.3 is 31.9 Å². The van der Waals surface area contributed by atoms with Crippen molar-refractivity contribution in [2.75, 3.05) is 17.8 Å². The first-order valence-electron chi connectivity index (χ1n) is 11.3. The van der Waals surface area contributed by atoms with Crippen molar-refractivity contribution in [3.05, 3.63) is 29.8 Å². The molecule has 0 aliphatic rings. The Hall–Kier alpha value is -2.44. The molecule has 0 aromatic heterocycles.